The van der Waals surface area contributed by atoms with Crippen LogP contribution < -0.4 is 0 Å². The van der Waals surface area contributed by atoms with E-state index in [1.54, 1.807) is 37.3 Å². The molecule has 2 aromatic rings. The number of aromatic nitrogens is 2. The number of esters is 1. The van der Waals surface area contributed by atoms with E-state index >= 15 is 0 Å². The molecule has 0 spiro atoms. The second-order valence-corrected chi connectivity index (χ2v) is 5.14. The Balaban J connectivity index is 2.55. The number of nitrogens with zero attached hydrogens (tertiary/aromatic N) is 3. The lowest BCUT2D eigenvalue weighted by atomic mass is 10.1. The highest BCUT2D eigenvalue weighted by Crippen LogP contribution is 2.26. The van der Waals surface area contributed by atoms with Gasteiger partial charge in [-0.25, -0.2) is 9.48 Å². The number of ether oxygens (including phenoxy) is 1. The quantitative estimate of drug-likeness (QED) is 0.488. The van der Waals surface area contributed by atoms with E-state index in [0.29, 0.717) is 22.0 Å². The van der Waals surface area contributed by atoms with Crippen molar-refractivity contribution in [1.29, 1.82) is 5.26 Å². The van der Waals surface area contributed by atoms with E-state index in [9.17, 15) is 4.79 Å². The molecule has 0 radical (unpaired) electrons. The zero-order chi connectivity index (χ0) is 16.3. The summed E-state index contributed by atoms with van der Waals surface area (Å²) in [6.07, 6.45) is 1.36. The highest BCUT2D eigenvalue weighted by Gasteiger charge is 2.16. The molecule has 0 fully saturated rings. The Morgan fingerprint density at radius 2 is 2.18 bits per heavy atom. The van der Waals surface area contributed by atoms with Crippen LogP contribution in [0.1, 0.15) is 11.3 Å². The Bertz CT molecular complexity index is 804. The Hall–Kier alpha value is -2.29. The van der Waals surface area contributed by atoms with E-state index in [-0.39, 0.29) is 10.7 Å². The average Bonchev–Trinajstić information content (AvgIpc) is 2.79. The van der Waals surface area contributed by atoms with Gasteiger partial charge in [0, 0.05) is 10.6 Å². The Kier molecular flexibility index (Phi) is 4.86. The summed E-state index contributed by atoms with van der Waals surface area (Å²) in [5.41, 5.74) is 1.57. The van der Waals surface area contributed by atoms with Crippen molar-refractivity contribution in [2.75, 3.05) is 7.11 Å². The average molecular weight is 336 g/mol. The highest BCUT2D eigenvalue weighted by molar-refractivity contribution is 6.32. The van der Waals surface area contributed by atoms with Gasteiger partial charge in [-0.05, 0) is 31.2 Å². The van der Waals surface area contributed by atoms with Crippen LogP contribution in [-0.4, -0.2) is 22.9 Å². The summed E-state index contributed by atoms with van der Waals surface area (Å²) >= 11 is 12.3. The maximum absolute atomic E-state index is 11.5. The predicted octanol–water partition coefficient (Wildman–Crippen LogP) is 3.57. The molecule has 0 N–H and O–H groups in total. The van der Waals surface area contributed by atoms with Crippen LogP contribution in [0.2, 0.25) is 10.2 Å². The molecular formula is C15H11Cl2N3O2. The Morgan fingerprint density at radius 1 is 1.45 bits per heavy atom. The largest absolute Gasteiger partial charge is 0.465 e. The van der Waals surface area contributed by atoms with Crippen molar-refractivity contribution in [3.8, 4) is 11.8 Å². The minimum atomic E-state index is -0.728. The van der Waals surface area contributed by atoms with Crippen molar-refractivity contribution < 1.29 is 9.53 Å². The molecule has 0 unspecified atom stereocenters. The van der Waals surface area contributed by atoms with E-state index in [1.807, 2.05) is 0 Å². The highest BCUT2D eigenvalue weighted by atomic mass is 35.5. The molecule has 1 heterocycles. The van der Waals surface area contributed by atoms with Gasteiger partial charge in [0.15, 0.2) is 0 Å². The van der Waals surface area contributed by atoms with Crippen molar-refractivity contribution >= 4 is 35.2 Å². The predicted molar refractivity (Wildman–Crippen MR) is 83.9 cm³/mol. The van der Waals surface area contributed by atoms with Crippen LogP contribution in [0.5, 0.6) is 0 Å². The van der Waals surface area contributed by atoms with Crippen LogP contribution >= 0.6 is 23.2 Å². The first-order chi connectivity index (χ1) is 10.5. The lowest BCUT2D eigenvalue weighted by Gasteiger charge is -2.03. The van der Waals surface area contributed by atoms with Crippen LogP contribution in [-0.2, 0) is 9.53 Å². The first-order valence-electron chi connectivity index (χ1n) is 6.19. The monoisotopic (exact) mass is 335 g/mol. The second-order valence-electron chi connectivity index (χ2n) is 4.34. The zero-order valence-corrected chi connectivity index (χ0v) is 13.3. The van der Waals surface area contributed by atoms with E-state index in [0.717, 1.165) is 0 Å². The van der Waals surface area contributed by atoms with Gasteiger partial charge in [-0.15, -0.1) is 0 Å². The molecular weight excluding hydrogens is 325 g/mol. The number of carbonyl (C=O) groups is 1. The van der Waals surface area contributed by atoms with Gasteiger partial charge < -0.3 is 4.74 Å². The number of hydrogen-bond donors (Lipinski definition) is 0. The van der Waals surface area contributed by atoms with Crippen molar-refractivity contribution in [2.45, 2.75) is 6.92 Å². The summed E-state index contributed by atoms with van der Waals surface area (Å²) in [4.78, 5) is 11.5. The summed E-state index contributed by atoms with van der Waals surface area (Å²) in [5.74, 6) is -0.728. The molecule has 1 aromatic carbocycles. The van der Waals surface area contributed by atoms with Crippen LogP contribution in [0, 0.1) is 18.3 Å². The standard InChI is InChI=1S/C15H11Cl2N3O2/c1-9-13(6-10(8-18)15(21)22-2)14(17)20(19-9)12-5-3-4-11(16)7-12/h3-7H,1-2H3. The number of rotatable bonds is 3. The van der Waals surface area contributed by atoms with E-state index < -0.39 is 5.97 Å². The van der Waals surface area contributed by atoms with Crippen molar-refractivity contribution in [3.63, 3.8) is 0 Å². The van der Waals surface area contributed by atoms with Crippen LogP contribution in [0.25, 0.3) is 11.8 Å². The molecule has 0 saturated heterocycles. The fraction of sp³-hybridized carbons (Fsp3) is 0.133. The molecule has 22 heavy (non-hydrogen) atoms. The number of aryl methyl sites for hydroxylation is 1. The number of nitriles is 1. The molecule has 0 aliphatic rings. The third-order valence-corrected chi connectivity index (χ3v) is 3.51. The van der Waals surface area contributed by atoms with Gasteiger partial charge in [0.25, 0.3) is 0 Å². The Labute approximate surface area is 137 Å². The van der Waals surface area contributed by atoms with E-state index in [1.165, 1.54) is 17.9 Å². The van der Waals surface area contributed by atoms with Gasteiger partial charge in [-0.1, -0.05) is 29.3 Å². The number of hydrogen-bond acceptors (Lipinski definition) is 4. The number of methoxy groups -OCH3 is 1. The Morgan fingerprint density at radius 3 is 2.77 bits per heavy atom. The molecule has 0 amide bonds. The van der Waals surface area contributed by atoms with Crippen molar-refractivity contribution in [1.82, 2.24) is 9.78 Å². The van der Waals surface area contributed by atoms with Crippen LogP contribution in [0.4, 0.5) is 0 Å². The minimum Gasteiger partial charge on any atom is -0.465 e. The molecule has 112 valence electrons. The molecule has 0 bridgehead atoms. The molecule has 2 rings (SSSR count). The van der Waals surface area contributed by atoms with Gasteiger partial charge in [0.1, 0.15) is 16.8 Å². The lowest BCUT2D eigenvalue weighted by molar-refractivity contribution is -0.135. The maximum atomic E-state index is 11.5. The van der Waals surface area contributed by atoms with Gasteiger partial charge in [0.05, 0.1) is 18.5 Å². The number of benzene rings is 1. The zero-order valence-electron chi connectivity index (χ0n) is 11.8. The first-order valence-corrected chi connectivity index (χ1v) is 6.94. The lowest BCUT2D eigenvalue weighted by Crippen LogP contribution is -2.02. The number of halogens is 2. The van der Waals surface area contributed by atoms with Gasteiger partial charge in [-0.2, -0.15) is 10.4 Å². The summed E-state index contributed by atoms with van der Waals surface area (Å²) in [5, 5.41) is 14.2. The smallest absolute Gasteiger partial charge is 0.348 e. The van der Waals surface area contributed by atoms with Crippen molar-refractivity contribution in [2.24, 2.45) is 0 Å². The third kappa shape index (κ3) is 3.14. The fourth-order valence-electron chi connectivity index (χ4n) is 1.85. The molecule has 0 aliphatic heterocycles. The topological polar surface area (TPSA) is 67.9 Å². The molecule has 0 atom stereocenters. The summed E-state index contributed by atoms with van der Waals surface area (Å²) in [6.45, 7) is 1.73. The molecule has 1 aromatic heterocycles. The molecule has 5 nitrogen and oxygen atoms in total. The summed E-state index contributed by atoms with van der Waals surface area (Å²) < 4.78 is 6.03. The summed E-state index contributed by atoms with van der Waals surface area (Å²) in [6, 6.07) is 8.80. The fourth-order valence-corrected chi connectivity index (χ4v) is 2.36. The van der Waals surface area contributed by atoms with Crippen molar-refractivity contribution in [3.05, 3.63) is 51.3 Å². The number of carbonyl (C=O) groups excluding carboxylic acids is 1. The van der Waals surface area contributed by atoms with Crippen LogP contribution in [0.3, 0.4) is 0 Å². The normalized spacial score (nSPS) is 11.1. The van der Waals surface area contributed by atoms with Gasteiger partial charge in [0.2, 0.25) is 0 Å². The van der Waals surface area contributed by atoms with Crippen LogP contribution in [0.15, 0.2) is 29.8 Å². The van der Waals surface area contributed by atoms with Gasteiger partial charge >= 0.3 is 5.97 Å². The third-order valence-electron chi connectivity index (χ3n) is 2.92. The second kappa shape index (κ2) is 6.65. The molecule has 0 saturated carbocycles. The maximum Gasteiger partial charge on any atom is 0.348 e. The molecule has 0 aliphatic carbocycles. The SMILES string of the molecule is COC(=O)C(C#N)=Cc1c(C)nn(-c2cccc(Cl)c2)c1Cl. The van der Waals surface area contributed by atoms with Gasteiger partial charge in [-0.3, -0.25) is 0 Å². The molecule has 7 heteroatoms. The van der Waals surface area contributed by atoms with E-state index in [2.05, 4.69) is 9.84 Å². The minimum absolute atomic E-state index is 0.154. The summed E-state index contributed by atoms with van der Waals surface area (Å²) in [7, 11) is 1.21. The first kappa shape index (κ1) is 16.1. The van der Waals surface area contributed by atoms with E-state index in [4.69, 9.17) is 28.5 Å².